The highest BCUT2D eigenvalue weighted by atomic mass is 14.4. The second-order valence-electron chi connectivity index (χ2n) is 12.8. The van der Waals surface area contributed by atoms with Crippen LogP contribution in [0.15, 0.2) is 158 Å². The van der Waals surface area contributed by atoms with Crippen molar-refractivity contribution in [3.05, 3.63) is 202 Å². The first-order valence-electron chi connectivity index (χ1n) is 16.0. The zero-order valence-corrected chi connectivity index (χ0v) is 24.9. The molecule has 0 aromatic heterocycles. The first-order valence-corrected chi connectivity index (χ1v) is 16.0. The molecule has 0 amide bonds. The Morgan fingerprint density at radius 3 is 1.71 bits per heavy atom. The molecule has 0 radical (unpaired) electrons. The normalized spacial score (nSPS) is 16.4. The molecule has 45 heavy (non-hydrogen) atoms. The fraction of sp³-hybridized carbons (Fsp3) is 0.0667. The smallest absolute Gasteiger partial charge is 0.0352 e. The molecule has 210 valence electrons. The van der Waals surface area contributed by atoms with Gasteiger partial charge >= 0.3 is 0 Å². The summed E-state index contributed by atoms with van der Waals surface area (Å²) in [4.78, 5) is 0. The van der Waals surface area contributed by atoms with E-state index in [1.807, 2.05) is 0 Å². The van der Waals surface area contributed by atoms with E-state index in [0.717, 1.165) is 6.42 Å². The van der Waals surface area contributed by atoms with Gasteiger partial charge in [0, 0.05) is 11.8 Å². The van der Waals surface area contributed by atoms with E-state index in [0.29, 0.717) is 0 Å². The average molecular weight is 571 g/mol. The number of rotatable bonds is 3. The Morgan fingerprint density at radius 2 is 0.889 bits per heavy atom. The lowest BCUT2D eigenvalue weighted by Crippen LogP contribution is -2.00. The minimum absolute atomic E-state index is 0.215. The van der Waals surface area contributed by atoms with Gasteiger partial charge in [-0.25, -0.2) is 0 Å². The Bertz CT molecular complexity index is 2300. The van der Waals surface area contributed by atoms with Crippen LogP contribution in [0.25, 0.3) is 44.5 Å². The molecule has 0 bridgehead atoms. The van der Waals surface area contributed by atoms with Gasteiger partial charge in [0.2, 0.25) is 0 Å². The summed E-state index contributed by atoms with van der Waals surface area (Å²) in [7, 11) is 0. The molecule has 2 atom stereocenters. The van der Waals surface area contributed by atoms with Crippen molar-refractivity contribution in [1.29, 1.82) is 0 Å². The van der Waals surface area contributed by atoms with Crippen molar-refractivity contribution in [3.63, 3.8) is 0 Å². The highest BCUT2D eigenvalue weighted by Gasteiger charge is 2.33. The van der Waals surface area contributed by atoms with Crippen LogP contribution < -0.4 is 0 Å². The minimum Gasteiger partial charge on any atom is -0.0622 e. The van der Waals surface area contributed by atoms with Crippen molar-refractivity contribution in [2.24, 2.45) is 0 Å². The third-order valence-corrected chi connectivity index (χ3v) is 10.5. The molecular formula is C45H30. The van der Waals surface area contributed by atoms with Crippen molar-refractivity contribution >= 4 is 0 Å². The molecule has 0 heteroatoms. The van der Waals surface area contributed by atoms with E-state index in [2.05, 4.69) is 158 Å². The number of fused-ring (bicyclic) bond motifs is 9. The van der Waals surface area contributed by atoms with E-state index in [9.17, 15) is 0 Å². The van der Waals surface area contributed by atoms with Crippen LogP contribution in [0, 0.1) is 0 Å². The third-order valence-electron chi connectivity index (χ3n) is 10.5. The molecule has 0 fully saturated rings. The quantitative estimate of drug-likeness (QED) is 0.198. The van der Waals surface area contributed by atoms with Gasteiger partial charge in [-0.15, -0.1) is 0 Å². The monoisotopic (exact) mass is 570 g/mol. The molecule has 7 aromatic carbocycles. The summed E-state index contributed by atoms with van der Waals surface area (Å²) in [6.07, 6.45) is 1.03. The van der Waals surface area contributed by atoms with E-state index >= 15 is 0 Å². The maximum absolute atomic E-state index is 2.47. The predicted octanol–water partition coefficient (Wildman–Crippen LogP) is 11.2. The Balaban J connectivity index is 1.11. The first-order chi connectivity index (χ1) is 22.3. The van der Waals surface area contributed by atoms with Gasteiger partial charge in [0.15, 0.2) is 0 Å². The fourth-order valence-electron chi connectivity index (χ4n) is 8.45. The zero-order chi connectivity index (χ0) is 29.5. The summed E-state index contributed by atoms with van der Waals surface area (Å²) >= 11 is 0. The summed E-state index contributed by atoms with van der Waals surface area (Å²) in [5.41, 5.74) is 22.0. The van der Waals surface area contributed by atoms with Gasteiger partial charge < -0.3 is 0 Å². The average Bonchev–Trinajstić information content (AvgIpc) is 3.75. The summed E-state index contributed by atoms with van der Waals surface area (Å²) in [6.45, 7) is 0. The minimum atomic E-state index is 0.215. The first kappa shape index (κ1) is 24.9. The molecular weight excluding hydrogens is 540 g/mol. The van der Waals surface area contributed by atoms with Gasteiger partial charge in [-0.2, -0.15) is 0 Å². The van der Waals surface area contributed by atoms with Crippen LogP contribution in [0.5, 0.6) is 0 Å². The molecule has 2 unspecified atom stereocenters. The van der Waals surface area contributed by atoms with Crippen LogP contribution in [0.1, 0.15) is 56.3 Å². The lowest BCUT2D eigenvalue weighted by Gasteiger charge is -2.17. The summed E-state index contributed by atoms with van der Waals surface area (Å²) in [6, 6.07) is 59.3. The molecule has 3 aliphatic rings. The molecule has 0 aliphatic heterocycles. The Morgan fingerprint density at radius 1 is 0.311 bits per heavy atom. The Labute approximate surface area is 264 Å². The second-order valence-corrected chi connectivity index (χ2v) is 12.8. The summed E-state index contributed by atoms with van der Waals surface area (Å²) < 4.78 is 0. The van der Waals surface area contributed by atoms with E-state index in [4.69, 9.17) is 0 Å². The van der Waals surface area contributed by atoms with Crippen molar-refractivity contribution in [2.75, 3.05) is 0 Å². The van der Waals surface area contributed by atoms with Crippen LogP contribution in [-0.4, -0.2) is 0 Å². The Kier molecular flexibility index (Phi) is 5.27. The predicted molar refractivity (Wildman–Crippen MR) is 186 cm³/mol. The highest BCUT2D eigenvalue weighted by molar-refractivity contribution is 5.88. The van der Waals surface area contributed by atoms with E-state index < -0.39 is 0 Å². The third kappa shape index (κ3) is 3.66. The van der Waals surface area contributed by atoms with Crippen LogP contribution in [0.4, 0.5) is 0 Å². The molecule has 0 N–H and O–H groups in total. The summed E-state index contributed by atoms with van der Waals surface area (Å²) in [5.74, 6) is 0.488. The van der Waals surface area contributed by atoms with Crippen molar-refractivity contribution in [2.45, 2.75) is 18.3 Å². The van der Waals surface area contributed by atoms with Gasteiger partial charge in [0.1, 0.15) is 0 Å². The Hall–Kier alpha value is -5.46. The highest BCUT2D eigenvalue weighted by Crippen LogP contribution is 2.52. The standard InChI is InChI=1S/C45H30/c1-2-10-28(11-3-1)44-39-17-9-7-15-36(39)42-25-29(21-23-40(42)44)30-20-22-37-35-14-6-8-16-38(35)45(43(37)26-30)33-19-18-32-24-31-12-4-5-13-34(31)41(32)27-33/h1-23,25-27,44-45H,24H2. The zero-order valence-electron chi connectivity index (χ0n) is 24.9. The van der Waals surface area contributed by atoms with E-state index in [1.54, 1.807) is 0 Å². The van der Waals surface area contributed by atoms with Crippen LogP contribution in [0.2, 0.25) is 0 Å². The van der Waals surface area contributed by atoms with Gasteiger partial charge in [0.25, 0.3) is 0 Å². The molecule has 0 spiro atoms. The lowest BCUT2D eigenvalue weighted by atomic mass is 9.86. The van der Waals surface area contributed by atoms with Crippen molar-refractivity contribution < 1.29 is 0 Å². The van der Waals surface area contributed by atoms with Crippen LogP contribution in [-0.2, 0) is 6.42 Å². The molecule has 7 aromatic rings. The number of benzene rings is 7. The maximum Gasteiger partial charge on any atom is 0.0352 e. The van der Waals surface area contributed by atoms with E-state index in [-0.39, 0.29) is 11.8 Å². The fourth-order valence-corrected chi connectivity index (χ4v) is 8.45. The van der Waals surface area contributed by atoms with Gasteiger partial charge in [0.05, 0.1) is 0 Å². The second kappa shape index (κ2) is 9.52. The van der Waals surface area contributed by atoms with E-state index in [1.165, 1.54) is 89.0 Å². The maximum atomic E-state index is 2.47. The molecule has 0 saturated heterocycles. The van der Waals surface area contributed by atoms with Gasteiger partial charge in [-0.3, -0.25) is 0 Å². The number of hydrogen-bond acceptors (Lipinski definition) is 0. The van der Waals surface area contributed by atoms with Crippen molar-refractivity contribution in [1.82, 2.24) is 0 Å². The topological polar surface area (TPSA) is 0 Å². The largest absolute Gasteiger partial charge is 0.0622 e. The molecule has 3 aliphatic carbocycles. The summed E-state index contributed by atoms with van der Waals surface area (Å²) in [5, 5.41) is 0. The number of hydrogen-bond donors (Lipinski definition) is 0. The molecule has 0 heterocycles. The van der Waals surface area contributed by atoms with Crippen LogP contribution >= 0.6 is 0 Å². The molecule has 10 rings (SSSR count). The molecule has 0 saturated carbocycles. The van der Waals surface area contributed by atoms with Gasteiger partial charge in [-0.1, -0.05) is 140 Å². The van der Waals surface area contributed by atoms with Gasteiger partial charge in [-0.05, 0) is 114 Å². The molecule has 0 nitrogen and oxygen atoms in total. The SMILES string of the molecule is c1ccc(C2c3ccccc3-c3cc(-c4ccc5c(c4)C(c4ccc6c(c4)-c4ccccc4C6)c4ccccc4-5)ccc32)cc1. The van der Waals surface area contributed by atoms with Crippen LogP contribution in [0.3, 0.4) is 0 Å². The lowest BCUT2D eigenvalue weighted by molar-refractivity contribution is 1.01. The van der Waals surface area contributed by atoms with Crippen molar-refractivity contribution in [3.8, 4) is 44.5 Å².